The second-order valence-corrected chi connectivity index (χ2v) is 3.93. The van der Waals surface area contributed by atoms with Crippen molar-refractivity contribution >= 4 is 11.6 Å². The van der Waals surface area contributed by atoms with Gasteiger partial charge in [-0.25, -0.2) is 0 Å². The lowest BCUT2D eigenvalue weighted by Gasteiger charge is -2.07. The fraction of sp³-hybridized carbons (Fsp3) is 0.154. The molecule has 0 saturated heterocycles. The van der Waals surface area contributed by atoms with Gasteiger partial charge in [0.05, 0.1) is 5.69 Å². The quantitative estimate of drug-likeness (QED) is 0.884. The number of hydrogen-bond acceptors (Lipinski definition) is 2. The second kappa shape index (κ2) is 5.10. The van der Waals surface area contributed by atoms with E-state index in [1.165, 1.54) is 0 Å². The van der Waals surface area contributed by atoms with Crippen molar-refractivity contribution in [3.05, 3.63) is 53.2 Å². The van der Waals surface area contributed by atoms with Crippen LogP contribution in [0.15, 0.2) is 42.6 Å². The number of aromatic nitrogens is 1. The Kier molecular flexibility index (Phi) is 3.54. The summed E-state index contributed by atoms with van der Waals surface area (Å²) in [6.07, 6.45) is 2.37. The molecule has 1 aromatic heterocycles. The summed E-state index contributed by atoms with van der Waals surface area (Å²) in [4.78, 5) is 4.34. The minimum Gasteiger partial charge on any atom is -0.396 e. The molecule has 3 heteroatoms. The maximum Gasteiger partial charge on any atom is 0.0734 e. The molecule has 1 heterocycles. The maximum absolute atomic E-state index is 8.99. The highest BCUT2D eigenvalue weighted by Crippen LogP contribution is 2.23. The Labute approximate surface area is 99.5 Å². The molecule has 16 heavy (non-hydrogen) atoms. The molecule has 0 spiro atoms. The van der Waals surface area contributed by atoms with E-state index >= 15 is 0 Å². The third-order valence-electron chi connectivity index (χ3n) is 2.39. The van der Waals surface area contributed by atoms with Crippen molar-refractivity contribution in [3.8, 4) is 11.3 Å². The molecule has 2 nitrogen and oxygen atoms in total. The fourth-order valence-electron chi connectivity index (χ4n) is 1.63. The Balaban J connectivity index is 2.42. The van der Waals surface area contributed by atoms with Crippen LogP contribution in [0, 0.1) is 0 Å². The Morgan fingerprint density at radius 2 is 1.88 bits per heavy atom. The van der Waals surface area contributed by atoms with Gasteiger partial charge >= 0.3 is 0 Å². The van der Waals surface area contributed by atoms with Crippen LogP contribution in [-0.2, 0) is 6.42 Å². The summed E-state index contributed by atoms with van der Waals surface area (Å²) in [6.45, 7) is 0.131. The first-order chi connectivity index (χ1) is 7.81. The summed E-state index contributed by atoms with van der Waals surface area (Å²) in [6, 6.07) is 11.4. The van der Waals surface area contributed by atoms with Crippen molar-refractivity contribution in [3.63, 3.8) is 0 Å². The number of hydrogen-bond donors (Lipinski definition) is 1. The number of rotatable bonds is 3. The van der Waals surface area contributed by atoms with E-state index in [9.17, 15) is 0 Å². The number of benzene rings is 1. The monoisotopic (exact) mass is 233 g/mol. The highest BCUT2D eigenvalue weighted by molar-refractivity contribution is 6.30. The van der Waals surface area contributed by atoms with E-state index in [0.717, 1.165) is 16.8 Å². The van der Waals surface area contributed by atoms with E-state index < -0.39 is 0 Å². The van der Waals surface area contributed by atoms with Crippen LogP contribution in [0.2, 0.25) is 5.02 Å². The number of aliphatic hydroxyl groups excluding tert-OH is 1. The van der Waals surface area contributed by atoms with Crippen molar-refractivity contribution in [1.29, 1.82) is 0 Å². The van der Waals surface area contributed by atoms with Gasteiger partial charge in [-0.15, -0.1) is 0 Å². The predicted octanol–water partition coefficient (Wildman–Crippen LogP) is 2.94. The van der Waals surface area contributed by atoms with Crippen molar-refractivity contribution in [2.45, 2.75) is 6.42 Å². The predicted molar refractivity (Wildman–Crippen MR) is 65.5 cm³/mol. The van der Waals surface area contributed by atoms with Gasteiger partial charge in [0.25, 0.3) is 0 Å². The largest absolute Gasteiger partial charge is 0.396 e. The normalized spacial score (nSPS) is 10.4. The third-order valence-corrected chi connectivity index (χ3v) is 2.64. The summed E-state index contributed by atoms with van der Waals surface area (Å²) in [5, 5.41) is 9.70. The first-order valence-corrected chi connectivity index (χ1v) is 5.50. The van der Waals surface area contributed by atoms with Gasteiger partial charge in [-0.1, -0.05) is 29.8 Å². The lowest BCUT2D eigenvalue weighted by atomic mass is 10.0. The van der Waals surface area contributed by atoms with Crippen LogP contribution >= 0.6 is 11.6 Å². The van der Waals surface area contributed by atoms with Crippen LogP contribution < -0.4 is 0 Å². The van der Waals surface area contributed by atoms with Crippen molar-refractivity contribution in [2.75, 3.05) is 6.61 Å². The summed E-state index contributed by atoms with van der Waals surface area (Å²) >= 11 is 5.84. The minimum absolute atomic E-state index is 0.131. The molecule has 0 unspecified atom stereocenters. The molecule has 0 aliphatic carbocycles. The van der Waals surface area contributed by atoms with Crippen molar-refractivity contribution in [2.24, 2.45) is 0 Å². The molecule has 82 valence electrons. The van der Waals surface area contributed by atoms with Crippen molar-refractivity contribution in [1.82, 2.24) is 4.98 Å². The van der Waals surface area contributed by atoms with Gasteiger partial charge in [0.15, 0.2) is 0 Å². The molecular formula is C13H12ClNO. The molecule has 2 aromatic rings. The fourth-order valence-corrected chi connectivity index (χ4v) is 1.75. The molecule has 2 rings (SSSR count). The van der Waals surface area contributed by atoms with Gasteiger partial charge in [0.1, 0.15) is 0 Å². The summed E-state index contributed by atoms with van der Waals surface area (Å²) in [7, 11) is 0. The average Bonchev–Trinajstić information content (AvgIpc) is 2.32. The first-order valence-electron chi connectivity index (χ1n) is 5.12. The molecule has 0 atom stereocenters. The van der Waals surface area contributed by atoms with Crippen LogP contribution in [0.25, 0.3) is 11.3 Å². The molecule has 0 radical (unpaired) electrons. The zero-order valence-electron chi connectivity index (χ0n) is 8.73. The molecule has 0 bridgehead atoms. The zero-order valence-corrected chi connectivity index (χ0v) is 9.48. The van der Waals surface area contributed by atoms with Crippen LogP contribution in [0.5, 0.6) is 0 Å². The molecule has 0 aliphatic rings. The third kappa shape index (κ3) is 2.40. The van der Waals surface area contributed by atoms with E-state index in [1.54, 1.807) is 6.20 Å². The molecule has 0 saturated carbocycles. The van der Waals surface area contributed by atoms with E-state index in [4.69, 9.17) is 16.7 Å². The summed E-state index contributed by atoms with van der Waals surface area (Å²) in [5.41, 5.74) is 2.98. The Morgan fingerprint density at radius 1 is 1.12 bits per heavy atom. The Hall–Kier alpha value is -1.38. The standard InChI is InChI=1S/C13H12ClNO/c14-12-5-3-11(4-6-12)13-10(7-9-16)2-1-8-15-13/h1-6,8,16H,7,9H2. The van der Waals surface area contributed by atoms with E-state index in [1.807, 2.05) is 36.4 Å². The van der Waals surface area contributed by atoms with E-state index in [2.05, 4.69) is 4.98 Å². The van der Waals surface area contributed by atoms with Gasteiger partial charge < -0.3 is 5.11 Å². The second-order valence-electron chi connectivity index (χ2n) is 3.49. The molecule has 1 aromatic carbocycles. The first kappa shape index (κ1) is 11.1. The molecule has 1 N–H and O–H groups in total. The number of aliphatic hydroxyl groups is 1. The van der Waals surface area contributed by atoms with Gasteiger partial charge in [-0.05, 0) is 30.2 Å². The SMILES string of the molecule is OCCc1cccnc1-c1ccc(Cl)cc1. The van der Waals surface area contributed by atoms with Crippen LogP contribution in [0.3, 0.4) is 0 Å². The van der Waals surface area contributed by atoms with Crippen LogP contribution in [0.4, 0.5) is 0 Å². The summed E-state index contributed by atoms with van der Waals surface area (Å²) < 4.78 is 0. The van der Waals surface area contributed by atoms with Gasteiger partial charge in [-0.2, -0.15) is 0 Å². The molecule has 0 fully saturated rings. The van der Waals surface area contributed by atoms with Gasteiger partial charge in [-0.3, -0.25) is 4.98 Å². The van der Waals surface area contributed by atoms with E-state index in [-0.39, 0.29) is 6.61 Å². The highest BCUT2D eigenvalue weighted by atomic mass is 35.5. The number of halogens is 1. The number of pyridine rings is 1. The molecule has 0 amide bonds. The van der Waals surface area contributed by atoms with Crippen LogP contribution in [0.1, 0.15) is 5.56 Å². The van der Waals surface area contributed by atoms with Gasteiger partial charge in [0.2, 0.25) is 0 Å². The Morgan fingerprint density at radius 3 is 2.56 bits per heavy atom. The summed E-state index contributed by atoms with van der Waals surface area (Å²) in [5.74, 6) is 0. The lowest BCUT2D eigenvalue weighted by molar-refractivity contribution is 0.299. The molecule has 0 aliphatic heterocycles. The number of nitrogens with zero attached hydrogens (tertiary/aromatic N) is 1. The van der Waals surface area contributed by atoms with Crippen LogP contribution in [-0.4, -0.2) is 16.7 Å². The van der Waals surface area contributed by atoms with Gasteiger partial charge in [0, 0.05) is 23.4 Å². The van der Waals surface area contributed by atoms with Crippen molar-refractivity contribution < 1.29 is 5.11 Å². The average molecular weight is 234 g/mol. The lowest BCUT2D eigenvalue weighted by Crippen LogP contribution is -1.96. The smallest absolute Gasteiger partial charge is 0.0734 e. The Bertz CT molecular complexity index is 468. The topological polar surface area (TPSA) is 33.1 Å². The minimum atomic E-state index is 0.131. The zero-order chi connectivity index (χ0) is 11.4. The highest BCUT2D eigenvalue weighted by Gasteiger charge is 2.05. The molecular weight excluding hydrogens is 222 g/mol. The maximum atomic E-state index is 8.99. The van der Waals surface area contributed by atoms with E-state index in [0.29, 0.717) is 11.4 Å².